The number of carbonyl (C=O) groups is 1. The van der Waals surface area contributed by atoms with Crippen LogP contribution in [0.3, 0.4) is 0 Å². The van der Waals surface area contributed by atoms with Crippen LogP contribution in [0.25, 0.3) is 0 Å². The van der Waals surface area contributed by atoms with Gasteiger partial charge in [-0.05, 0) is 37.8 Å². The van der Waals surface area contributed by atoms with Gasteiger partial charge in [0.05, 0.1) is 11.7 Å². The molecule has 2 aliphatic heterocycles. The summed E-state index contributed by atoms with van der Waals surface area (Å²) in [4.78, 5) is 23.1. The number of fused-ring (bicyclic) bond motifs is 1. The van der Waals surface area contributed by atoms with Crippen molar-refractivity contribution in [1.29, 1.82) is 0 Å². The Morgan fingerprint density at radius 1 is 1.39 bits per heavy atom. The van der Waals surface area contributed by atoms with Gasteiger partial charge in [0.15, 0.2) is 0 Å². The van der Waals surface area contributed by atoms with Crippen molar-refractivity contribution in [1.82, 2.24) is 14.9 Å². The number of carbonyl (C=O) groups excluding carboxylic acids is 1. The molecule has 6 heteroatoms. The third-order valence-electron chi connectivity index (χ3n) is 4.72. The van der Waals surface area contributed by atoms with E-state index in [1.54, 1.807) is 17.5 Å². The minimum atomic E-state index is 0.0530. The molecule has 4 heterocycles. The minimum Gasteiger partial charge on any atom is -0.366 e. The maximum atomic E-state index is 12.6. The molecule has 0 bridgehead atoms. The first kappa shape index (κ1) is 14.8. The van der Waals surface area contributed by atoms with E-state index in [-0.39, 0.29) is 18.1 Å². The molecule has 2 aliphatic rings. The average molecular weight is 329 g/mol. The highest BCUT2D eigenvalue weighted by Crippen LogP contribution is 2.41. The van der Waals surface area contributed by atoms with Crippen molar-refractivity contribution in [3.05, 3.63) is 46.2 Å². The van der Waals surface area contributed by atoms with Crippen molar-refractivity contribution in [2.45, 2.75) is 32.0 Å². The second-order valence-corrected chi connectivity index (χ2v) is 7.18. The van der Waals surface area contributed by atoms with Gasteiger partial charge in [-0.15, -0.1) is 11.3 Å². The second-order valence-electron chi connectivity index (χ2n) is 6.26. The Morgan fingerprint density at radius 2 is 2.30 bits per heavy atom. The Hall–Kier alpha value is -1.79. The fourth-order valence-corrected chi connectivity index (χ4v) is 4.13. The fraction of sp³-hybridized carbons (Fsp3) is 0.471. The molecule has 1 amide bonds. The lowest BCUT2D eigenvalue weighted by Crippen LogP contribution is -2.45. The lowest BCUT2D eigenvalue weighted by atomic mass is 9.91. The molecule has 0 aromatic carbocycles. The molecule has 0 spiro atoms. The van der Waals surface area contributed by atoms with Crippen molar-refractivity contribution < 1.29 is 9.53 Å². The van der Waals surface area contributed by atoms with Crippen molar-refractivity contribution in [3.8, 4) is 0 Å². The summed E-state index contributed by atoms with van der Waals surface area (Å²) < 4.78 is 6.18. The number of hydrogen-bond acceptors (Lipinski definition) is 5. The zero-order valence-corrected chi connectivity index (χ0v) is 13.8. The topological polar surface area (TPSA) is 55.3 Å². The zero-order valence-electron chi connectivity index (χ0n) is 13.0. The number of aromatic nitrogens is 2. The molecule has 2 fully saturated rings. The summed E-state index contributed by atoms with van der Waals surface area (Å²) in [6.07, 6.45) is 5.73. The Morgan fingerprint density at radius 3 is 3.04 bits per heavy atom. The van der Waals surface area contributed by atoms with Crippen LogP contribution in [0.2, 0.25) is 0 Å². The van der Waals surface area contributed by atoms with Gasteiger partial charge in [-0.3, -0.25) is 9.78 Å². The van der Waals surface area contributed by atoms with Crippen molar-refractivity contribution >= 4 is 17.2 Å². The summed E-state index contributed by atoms with van der Waals surface area (Å²) in [5.41, 5.74) is 1.58. The summed E-state index contributed by atoms with van der Waals surface area (Å²) in [5.74, 6) is 0.585. The summed E-state index contributed by atoms with van der Waals surface area (Å²) >= 11 is 1.65. The first-order valence-electron chi connectivity index (χ1n) is 7.97. The van der Waals surface area contributed by atoms with Gasteiger partial charge in [0.25, 0.3) is 5.91 Å². The van der Waals surface area contributed by atoms with E-state index in [4.69, 9.17) is 4.74 Å². The quantitative estimate of drug-likeness (QED) is 0.850. The van der Waals surface area contributed by atoms with Crippen molar-refractivity contribution in [2.75, 3.05) is 13.1 Å². The highest BCUT2D eigenvalue weighted by atomic mass is 32.1. The van der Waals surface area contributed by atoms with Crippen LogP contribution in [0.5, 0.6) is 0 Å². The number of pyridine rings is 1. The van der Waals surface area contributed by atoms with Gasteiger partial charge in [0, 0.05) is 36.6 Å². The van der Waals surface area contributed by atoms with E-state index in [0.29, 0.717) is 18.0 Å². The van der Waals surface area contributed by atoms with E-state index in [2.05, 4.69) is 9.97 Å². The van der Waals surface area contributed by atoms with E-state index >= 15 is 0 Å². The number of rotatable bonds is 2. The normalized spacial score (nSPS) is 27.0. The Bertz CT molecular complexity index is 686. The van der Waals surface area contributed by atoms with Gasteiger partial charge in [-0.1, -0.05) is 0 Å². The number of nitrogens with zero attached hydrogens (tertiary/aromatic N) is 3. The average Bonchev–Trinajstić information content (AvgIpc) is 3.23. The predicted molar refractivity (Wildman–Crippen MR) is 87.3 cm³/mol. The molecule has 2 aromatic heterocycles. The standard InChI is InChI=1S/C17H19N3O2S/c1-11-2-3-13(9-19-11)17(21)20-6-4-12-8-14(22-15(12)10-20)16-18-5-7-23-16/h2-3,5,7,9,12,14-15H,4,6,8,10H2,1H3/t12-,14+,15+/m0/s1. The lowest BCUT2D eigenvalue weighted by Gasteiger charge is -2.34. The number of amides is 1. The van der Waals surface area contributed by atoms with Gasteiger partial charge in [0.2, 0.25) is 0 Å². The molecule has 0 saturated carbocycles. The molecule has 23 heavy (non-hydrogen) atoms. The lowest BCUT2D eigenvalue weighted by molar-refractivity contribution is -0.00449. The summed E-state index contributed by atoms with van der Waals surface area (Å²) in [6, 6.07) is 3.73. The SMILES string of the molecule is Cc1ccc(C(=O)N2CC[C@H]3C[C@H](c4nccs4)O[C@@H]3C2)cn1. The van der Waals surface area contributed by atoms with Gasteiger partial charge < -0.3 is 9.64 Å². The third kappa shape index (κ3) is 2.88. The molecular weight excluding hydrogens is 310 g/mol. The van der Waals surface area contributed by atoms with E-state index in [0.717, 1.165) is 30.1 Å². The van der Waals surface area contributed by atoms with Gasteiger partial charge in [-0.25, -0.2) is 4.98 Å². The fourth-order valence-electron chi connectivity index (χ4n) is 3.44. The van der Waals surface area contributed by atoms with Crippen LogP contribution < -0.4 is 0 Å². The number of thiazole rings is 1. The van der Waals surface area contributed by atoms with Crippen LogP contribution >= 0.6 is 11.3 Å². The van der Waals surface area contributed by atoms with E-state index in [1.807, 2.05) is 35.5 Å². The first-order chi connectivity index (χ1) is 11.2. The number of likely N-dealkylation sites (tertiary alicyclic amines) is 1. The molecule has 0 aliphatic carbocycles. The molecular formula is C17H19N3O2S. The molecule has 4 rings (SSSR count). The van der Waals surface area contributed by atoms with Crippen LogP contribution in [0.1, 0.15) is 40.0 Å². The molecule has 3 atom stereocenters. The zero-order chi connectivity index (χ0) is 15.8. The molecule has 2 aromatic rings. The summed E-state index contributed by atoms with van der Waals surface area (Å²) in [7, 11) is 0. The monoisotopic (exact) mass is 329 g/mol. The smallest absolute Gasteiger partial charge is 0.255 e. The molecule has 0 unspecified atom stereocenters. The molecule has 0 radical (unpaired) electrons. The first-order valence-corrected chi connectivity index (χ1v) is 8.85. The molecule has 0 N–H and O–H groups in total. The highest BCUT2D eigenvalue weighted by molar-refractivity contribution is 7.09. The largest absolute Gasteiger partial charge is 0.366 e. The molecule has 120 valence electrons. The minimum absolute atomic E-state index is 0.0530. The van der Waals surface area contributed by atoms with Gasteiger partial charge in [0.1, 0.15) is 11.1 Å². The van der Waals surface area contributed by atoms with Crippen molar-refractivity contribution in [2.24, 2.45) is 5.92 Å². The maximum absolute atomic E-state index is 12.6. The van der Waals surface area contributed by atoms with Crippen molar-refractivity contribution in [3.63, 3.8) is 0 Å². The summed E-state index contributed by atoms with van der Waals surface area (Å²) in [5, 5.41) is 3.04. The van der Waals surface area contributed by atoms with E-state index in [1.165, 1.54) is 0 Å². The number of ether oxygens (including phenoxy) is 1. The molecule has 2 saturated heterocycles. The van der Waals surface area contributed by atoms with Crippen LogP contribution in [0.4, 0.5) is 0 Å². The number of aryl methyl sites for hydroxylation is 1. The van der Waals surface area contributed by atoms with Crippen LogP contribution in [-0.4, -0.2) is 40.0 Å². The molecule has 5 nitrogen and oxygen atoms in total. The van der Waals surface area contributed by atoms with Crippen LogP contribution in [0.15, 0.2) is 29.9 Å². The van der Waals surface area contributed by atoms with Crippen LogP contribution in [0, 0.1) is 12.8 Å². The van der Waals surface area contributed by atoms with E-state index < -0.39 is 0 Å². The van der Waals surface area contributed by atoms with Gasteiger partial charge in [-0.2, -0.15) is 0 Å². The number of hydrogen-bond donors (Lipinski definition) is 0. The maximum Gasteiger partial charge on any atom is 0.255 e. The Kier molecular flexibility index (Phi) is 3.87. The summed E-state index contributed by atoms with van der Waals surface area (Å²) in [6.45, 7) is 3.38. The number of piperidine rings is 1. The predicted octanol–water partition coefficient (Wildman–Crippen LogP) is 2.84. The third-order valence-corrected chi connectivity index (χ3v) is 5.59. The highest BCUT2D eigenvalue weighted by Gasteiger charge is 2.41. The van der Waals surface area contributed by atoms with E-state index in [9.17, 15) is 4.79 Å². The van der Waals surface area contributed by atoms with Gasteiger partial charge >= 0.3 is 0 Å². The van der Waals surface area contributed by atoms with Crippen LogP contribution in [-0.2, 0) is 4.74 Å². The Labute approximate surface area is 139 Å². The second kappa shape index (κ2) is 6.02. The Balaban J connectivity index is 1.44.